The van der Waals surface area contributed by atoms with Crippen LogP contribution in [0.4, 0.5) is 15.8 Å². The van der Waals surface area contributed by atoms with E-state index in [9.17, 15) is 4.39 Å². The van der Waals surface area contributed by atoms with Gasteiger partial charge in [0, 0.05) is 35.6 Å². The predicted octanol–water partition coefficient (Wildman–Crippen LogP) is 5.92. The Morgan fingerprint density at radius 2 is 1.93 bits per heavy atom. The van der Waals surface area contributed by atoms with Gasteiger partial charge in [0.25, 0.3) is 0 Å². The largest absolute Gasteiger partial charge is 0.496 e. The summed E-state index contributed by atoms with van der Waals surface area (Å²) < 4.78 is 19.1. The maximum atomic E-state index is 13.5. The first-order chi connectivity index (χ1) is 12.8. The molecule has 0 fully saturated rings. The van der Waals surface area contributed by atoms with Crippen molar-refractivity contribution in [3.63, 3.8) is 0 Å². The minimum Gasteiger partial charge on any atom is -0.496 e. The van der Waals surface area contributed by atoms with E-state index < -0.39 is 0 Å². The fraction of sp³-hybridized carbons (Fsp3) is 0.348. The zero-order chi connectivity index (χ0) is 19.8. The molecule has 142 valence electrons. The predicted molar refractivity (Wildman–Crippen MR) is 112 cm³/mol. The quantitative estimate of drug-likeness (QED) is 0.628. The molecule has 0 saturated carbocycles. The number of anilines is 1. The molecular weight excluding hydrogens is 339 g/mol. The highest BCUT2D eigenvalue weighted by Gasteiger charge is 2.31. The van der Waals surface area contributed by atoms with Crippen LogP contribution in [0, 0.1) is 12.7 Å². The molecule has 0 spiro atoms. The molecule has 2 aromatic rings. The molecule has 27 heavy (non-hydrogen) atoms. The number of halogens is 1. The van der Waals surface area contributed by atoms with Crippen molar-refractivity contribution in [2.45, 2.75) is 40.2 Å². The molecular formula is C23H27FN2O. The maximum absolute atomic E-state index is 13.5. The van der Waals surface area contributed by atoms with E-state index in [4.69, 9.17) is 4.74 Å². The van der Waals surface area contributed by atoms with Crippen LogP contribution >= 0.6 is 0 Å². The minimum atomic E-state index is -0.219. The fourth-order valence-corrected chi connectivity index (χ4v) is 3.83. The number of allylic oxidation sites excluding steroid dienone is 1. The van der Waals surface area contributed by atoms with Crippen LogP contribution in [-0.2, 0) is 0 Å². The van der Waals surface area contributed by atoms with Crippen LogP contribution < -0.4 is 9.64 Å². The van der Waals surface area contributed by atoms with Crippen molar-refractivity contribution in [1.29, 1.82) is 0 Å². The van der Waals surface area contributed by atoms with E-state index in [1.54, 1.807) is 32.4 Å². The number of ether oxygens (including phenoxy) is 1. The standard InChI is InChI=1S/C23H27FN2O/c1-7-26-21-12-22(27-6)17(11-19(21)16(3)13-23(26,4)5)14-25-18-8-9-20(24)15(2)10-18/h8-14H,7H2,1-6H3. The Bertz CT molecular complexity index is 928. The molecule has 1 aliphatic heterocycles. The molecule has 0 aromatic heterocycles. The smallest absolute Gasteiger partial charge is 0.129 e. The van der Waals surface area contributed by atoms with Gasteiger partial charge < -0.3 is 9.64 Å². The van der Waals surface area contributed by atoms with Crippen LogP contribution in [0.25, 0.3) is 5.57 Å². The van der Waals surface area contributed by atoms with Crippen molar-refractivity contribution in [2.24, 2.45) is 4.99 Å². The summed E-state index contributed by atoms with van der Waals surface area (Å²) in [4.78, 5) is 6.90. The number of nitrogens with zero attached hydrogens (tertiary/aromatic N) is 2. The summed E-state index contributed by atoms with van der Waals surface area (Å²) >= 11 is 0. The summed E-state index contributed by atoms with van der Waals surface area (Å²) in [6.45, 7) is 11.4. The lowest BCUT2D eigenvalue weighted by molar-refractivity contribution is 0.413. The van der Waals surface area contributed by atoms with Crippen LogP contribution in [0.2, 0.25) is 0 Å². The van der Waals surface area contributed by atoms with Gasteiger partial charge in [-0.1, -0.05) is 6.08 Å². The second-order valence-electron chi connectivity index (χ2n) is 7.53. The molecule has 0 saturated heterocycles. The molecule has 0 aliphatic carbocycles. The van der Waals surface area contributed by atoms with Gasteiger partial charge in [-0.15, -0.1) is 0 Å². The van der Waals surface area contributed by atoms with Gasteiger partial charge in [0.1, 0.15) is 11.6 Å². The number of methoxy groups -OCH3 is 1. The lowest BCUT2D eigenvalue weighted by Gasteiger charge is -2.43. The van der Waals surface area contributed by atoms with Gasteiger partial charge in [0.2, 0.25) is 0 Å². The van der Waals surface area contributed by atoms with Crippen molar-refractivity contribution < 1.29 is 9.13 Å². The van der Waals surface area contributed by atoms with Gasteiger partial charge >= 0.3 is 0 Å². The molecule has 0 radical (unpaired) electrons. The monoisotopic (exact) mass is 366 g/mol. The molecule has 3 rings (SSSR count). The number of fused-ring (bicyclic) bond motifs is 1. The highest BCUT2D eigenvalue weighted by Crippen LogP contribution is 2.41. The third kappa shape index (κ3) is 3.61. The molecule has 0 atom stereocenters. The van der Waals surface area contributed by atoms with Gasteiger partial charge in [-0.05, 0) is 70.0 Å². The summed E-state index contributed by atoms with van der Waals surface area (Å²) in [5.41, 5.74) is 5.77. The van der Waals surface area contributed by atoms with Crippen LogP contribution in [0.3, 0.4) is 0 Å². The van der Waals surface area contributed by atoms with E-state index in [0.717, 1.165) is 23.5 Å². The zero-order valence-electron chi connectivity index (χ0n) is 16.9. The molecule has 2 aromatic carbocycles. The number of hydrogen-bond acceptors (Lipinski definition) is 3. The van der Waals surface area contributed by atoms with E-state index in [0.29, 0.717) is 5.56 Å². The number of rotatable bonds is 4. The SMILES string of the molecule is CCN1c2cc(OC)c(C=Nc3ccc(F)c(C)c3)cc2C(C)=CC1(C)C. The van der Waals surface area contributed by atoms with E-state index in [2.05, 4.69) is 55.8 Å². The third-order valence-electron chi connectivity index (χ3n) is 5.14. The molecule has 1 heterocycles. The summed E-state index contributed by atoms with van der Waals surface area (Å²) in [6, 6.07) is 9.08. The number of aryl methyl sites for hydroxylation is 1. The summed E-state index contributed by atoms with van der Waals surface area (Å²) in [6.07, 6.45) is 4.09. The van der Waals surface area contributed by atoms with Gasteiger partial charge in [-0.3, -0.25) is 4.99 Å². The maximum Gasteiger partial charge on any atom is 0.129 e. The Morgan fingerprint density at radius 1 is 1.19 bits per heavy atom. The van der Waals surface area contributed by atoms with Crippen molar-refractivity contribution in [2.75, 3.05) is 18.6 Å². The fourth-order valence-electron chi connectivity index (χ4n) is 3.83. The average molecular weight is 366 g/mol. The van der Waals surface area contributed by atoms with E-state index in [-0.39, 0.29) is 11.4 Å². The van der Waals surface area contributed by atoms with Crippen LogP contribution in [-0.4, -0.2) is 25.4 Å². The van der Waals surface area contributed by atoms with Crippen molar-refractivity contribution >= 4 is 23.2 Å². The number of hydrogen-bond donors (Lipinski definition) is 0. The first-order valence-electron chi connectivity index (χ1n) is 9.26. The Hall–Kier alpha value is -2.62. The van der Waals surface area contributed by atoms with Crippen LogP contribution in [0.1, 0.15) is 44.4 Å². The lowest BCUT2D eigenvalue weighted by Crippen LogP contribution is -2.44. The Balaban J connectivity index is 2.06. The van der Waals surface area contributed by atoms with Crippen molar-refractivity contribution in [3.8, 4) is 5.75 Å². The molecule has 0 unspecified atom stereocenters. The van der Waals surface area contributed by atoms with Gasteiger partial charge in [-0.25, -0.2) is 4.39 Å². The van der Waals surface area contributed by atoms with Crippen LogP contribution in [0.15, 0.2) is 41.4 Å². The van der Waals surface area contributed by atoms with Gasteiger partial charge in [0.15, 0.2) is 0 Å². The Labute approximate surface area is 161 Å². The van der Waals surface area contributed by atoms with E-state index >= 15 is 0 Å². The Morgan fingerprint density at radius 3 is 2.56 bits per heavy atom. The molecule has 1 aliphatic rings. The molecule has 0 N–H and O–H groups in total. The first kappa shape index (κ1) is 19.2. The van der Waals surface area contributed by atoms with E-state index in [1.165, 1.54) is 22.9 Å². The van der Waals surface area contributed by atoms with Crippen molar-refractivity contribution in [1.82, 2.24) is 0 Å². The molecule has 0 bridgehead atoms. The lowest BCUT2D eigenvalue weighted by atomic mass is 9.88. The molecule has 0 amide bonds. The van der Waals surface area contributed by atoms with E-state index in [1.807, 2.05) is 0 Å². The summed E-state index contributed by atoms with van der Waals surface area (Å²) in [5, 5.41) is 0. The van der Waals surface area contributed by atoms with Gasteiger partial charge in [-0.2, -0.15) is 0 Å². The molecule has 4 heteroatoms. The molecule has 3 nitrogen and oxygen atoms in total. The third-order valence-corrected chi connectivity index (χ3v) is 5.14. The minimum absolute atomic E-state index is 0.0436. The first-order valence-corrected chi connectivity index (χ1v) is 9.26. The van der Waals surface area contributed by atoms with Gasteiger partial charge in [0.05, 0.1) is 18.3 Å². The average Bonchev–Trinajstić information content (AvgIpc) is 2.61. The zero-order valence-corrected chi connectivity index (χ0v) is 16.9. The second kappa shape index (κ2) is 7.18. The highest BCUT2D eigenvalue weighted by atomic mass is 19.1. The number of benzene rings is 2. The summed E-state index contributed by atoms with van der Waals surface area (Å²) in [7, 11) is 1.67. The second-order valence-corrected chi connectivity index (χ2v) is 7.53. The van der Waals surface area contributed by atoms with Crippen molar-refractivity contribution in [3.05, 3.63) is 58.9 Å². The summed E-state index contributed by atoms with van der Waals surface area (Å²) in [5.74, 6) is 0.559. The normalized spacial score (nSPS) is 15.7. The highest BCUT2D eigenvalue weighted by molar-refractivity contribution is 5.92. The van der Waals surface area contributed by atoms with Crippen LogP contribution in [0.5, 0.6) is 5.75 Å². The topological polar surface area (TPSA) is 24.8 Å². The number of likely N-dealkylation sites (N-methyl/N-ethyl adjacent to an activating group) is 1. The Kier molecular flexibility index (Phi) is 5.09. The number of aliphatic imine (C=N–C) groups is 1.